The average Bonchev–Trinajstić information content (AvgIpc) is 3.03. The third-order valence-electron chi connectivity index (χ3n) is 3.82. The van der Waals surface area contributed by atoms with Gasteiger partial charge in [0.15, 0.2) is 5.15 Å². The van der Waals surface area contributed by atoms with E-state index in [9.17, 15) is 17.2 Å². The predicted octanol–water partition coefficient (Wildman–Crippen LogP) is 2.50. The van der Waals surface area contributed by atoms with Gasteiger partial charge in [-0.05, 0) is 18.2 Å². The first-order valence-electron chi connectivity index (χ1n) is 7.84. The lowest BCUT2D eigenvalue weighted by Crippen LogP contribution is -2.15. The molecular weight excluding hydrogens is 428 g/mol. The second-order valence-electron chi connectivity index (χ2n) is 5.78. The molecule has 13 heteroatoms. The first-order valence-corrected chi connectivity index (χ1v) is 9.71. The molecule has 29 heavy (non-hydrogen) atoms. The quantitative estimate of drug-likeness (QED) is 0.469. The molecule has 4 rings (SSSR count). The van der Waals surface area contributed by atoms with Crippen molar-refractivity contribution in [3.8, 4) is 11.3 Å². The largest absolute Gasteiger partial charge is 0.382 e. The maximum Gasteiger partial charge on any atom is 0.264 e. The lowest BCUT2D eigenvalue weighted by atomic mass is 10.2. The van der Waals surface area contributed by atoms with E-state index in [0.717, 1.165) is 12.1 Å². The number of rotatable bonds is 4. The number of halogens is 3. The zero-order chi connectivity index (χ0) is 20.8. The molecule has 0 aliphatic rings. The van der Waals surface area contributed by atoms with Crippen molar-refractivity contribution in [2.75, 3.05) is 10.5 Å². The molecule has 3 N–H and O–H groups in total. The Kier molecular flexibility index (Phi) is 4.51. The molecule has 0 bridgehead atoms. The third kappa shape index (κ3) is 3.54. The van der Waals surface area contributed by atoms with Crippen molar-refractivity contribution in [2.24, 2.45) is 0 Å². The van der Waals surface area contributed by atoms with Gasteiger partial charge < -0.3 is 5.73 Å². The Bertz CT molecular complexity index is 1360. The topological polar surface area (TPSA) is 128 Å². The number of hydrogen-bond donors (Lipinski definition) is 2. The second-order valence-corrected chi connectivity index (χ2v) is 7.79. The highest BCUT2D eigenvalue weighted by molar-refractivity contribution is 7.92. The van der Waals surface area contributed by atoms with Crippen LogP contribution < -0.4 is 10.5 Å². The van der Waals surface area contributed by atoms with E-state index in [-0.39, 0.29) is 22.4 Å². The number of nitrogen functional groups attached to an aromatic ring is 1. The minimum atomic E-state index is -4.40. The molecule has 0 spiro atoms. The van der Waals surface area contributed by atoms with Crippen LogP contribution in [0, 0.1) is 11.6 Å². The molecule has 0 aliphatic carbocycles. The molecule has 1 aromatic carbocycles. The van der Waals surface area contributed by atoms with E-state index in [1.807, 2.05) is 0 Å². The summed E-state index contributed by atoms with van der Waals surface area (Å²) in [6.07, 6.45) is 4.13. The minimum Gasteiger partial charge on any atom is -0.382 e. The summed E-state index contributed by atoms with van der Waals surface area (Å²) in [5, 5.41) is 4.07. The van der Waals surface area contributed by atoms with Gasteiger partial charge >= 0.3 is 0 Å². The van der Waals surface area contributed by atoms with Crippen molar-refractivity contribution in [3.05, 3.63) is 59.6 Å². The van der Waals surface area contributed by atoms with E-state index in [1.165, 1.54) is 29.2 Å². The average molecular weight is 438 g/mol. The van der Waals surface area contributed by atoms with Crippen molar-refractivity contribution in [1.82, 2.24) is 24.6 Å². The Morgan fingerprint density at radius 1 is 1.07 bits per heavy atom. The zero-order valence-corrected chi connectivity index (χ0v) is 15.8. The van der Waals surface area contributed by atoms with Crippen molar-refractivity contribution < 1.29 is 17.2 Å². The zero-order valence-electron chi connectivity index (χ0n) is 14.2. The summed E-state index contributed by atoms with van der Waals surface area (Å²) in [7, 11) is -4.40. The fourth-order valence-electron chi connectivity index (χ4n) is 2.48. The highest BCUT2D eigenvalue weighted by Gasteiger charge is 2.21. The van der Waals surface area contributed by atoms with Crippen molar-refractivity contribution >= 4 is 38.9 Å². The van der Waals surface area contributed by atoms with Crippen LogP contribution in [-0.4, -0.2) is 33.0 Å². The number of nitrogens with zero attached hydrogens (tertiary/aromatic N) is 5. The molecule has 0 amide bonds. The number of sulfonamides is 1. The number of aromatic nitrogens is 5. The molecule has 0 atom stereocenters. The summed E-state index contributed by atoms with van der Waals surface area (Å²) in [6, 6.07) is 3.44. The highest BCUT2D eigenvalue weighted by atomic mass is 35.5. The molecule has 148 valence electrons. The van der Waals surface area contributed by atoms with Crippen LogP contribution in [0.25, 0.3) is 17.0 Å². The van der Waals surface area contributed by atoms with Gasteiger partial charge in [-0.25, -0.2) is 32.2 Å². The number of benzene rings is 1. The van der Waals surface area contributed by atoms with Crippen molar-refractivity contribution in [1.29, 1.82) is 0 Å². The summed E-state index contributed by atoms with van der Waals surface area (Å²) in [5.74, 6) is -1.62. The number of anilines is 2. The number of nitrogens with one attached hydrogen (secondary N) is 1. The van der Waals surface area contributed by atoms with E-state index in [0.29, 0.717) is 17.3 Å². The molecule has 4 aromatic rings. The normalized spacial score (nSPS) is 11.7. The van der Waals surface area contributed by atoms with E-state index >= 15 is 0 Å². The van der Waals surface area contributed by atoms with Crippen LogP contribution in [0.1, 0.15) is 0 Å². The first kappa shape index (κ1) is 19.0. The van der Waals surface area contributed by atoms with Gasteiger partial charge in [-0.2, -0.15) is 9.61 Å². The van der Waals surface area contributed by atoms with Crippen LogP contribution in [0.15, 0.2) is 47.8 Å². The molecule has 0 fully saturated rings. The van der Waals surface area contributed by atoms with Crippen LogP contribution in [0.3, 0.4) is 0 Å². The Morgan fingerprint density at radius 2 is 1.83 bits per heavy atom. The van der Waals surface area contributed by atoms with Gasteiger partial charge in [-0.3, -0.25) is 4.72 Å². The van der Waals surface area contributed by atoms with Gasteiger partial charge in [0.1, 0.15) is 28.0 Å². The maximum absolute atomic E-state index is 13.9. The fourth-order valence-corrected chi connectivity index (χ4v) is 3.80. The number of pyridine rings is 1. The van der Waals surface area contributed by atoms with Gasteiger partial charge in [-0.1, -0.05) is 11.6 Å². The third-order valence-corrected chi connectivity index (χ3v) is 5.52. The fraction of sp³-hybridized carbons (Fsp3) is 0. The smallest absolute Gasteiger partial charge is 0.264 e. The number of hydrogen-bond acceptors (Lipinski definition) is 7. The lowest BCUT2D eigenvalue weighted by Gasteiger charge is -2.11. The van der Waals surface area contributed by atoms with Gasteiger partial charge in [0.2, 0.25) is 0 Å². The molecule has 3 aromatic heterocycles. The summed E-state index contributed by atoms with van der Waals surface area (Å²) < 4.78 is 55.4. The van der Waals surface area contributed by atoms with Crippen LogP contribution in [0.2, 0.25) is 5.15 Å². The van der Waals surface area contributed by atoms with Gasteiger partial charge in [-0.15, -0.1) is 0 Å². The number of imidazole rings is 1. The Hall–Kier alpha value is -3.38. The lowest BCUT2D eigenvalue weighted by molar-refractivity contribution is 0.551. The molecule has 0 aliphatic heterocycles. The van der Waals surface area contributed by atoms with Crippen molar-refractivity contribution in [2.45, 2.75) is 4.90 Å². The second kappa shape index (κ2) is 6.90. The van der Waals surface area contributed by atoms with E-state index in [1.54, 1.807) is 0 Å². The molecular formula is C16H10ClF2N7O2S. The SMILES string of the molecule is Nc1cnc2ncc(-c3cnc(Cl)c(NS(=O)(=O)c4ccc(F)cc4F)c3)nn12. The molecule has 0 saturated carbocycles. The number of nitrogens with two attached hydrogens (primary N) is 1. The Balaban J connectivity index is 1.74. The molecule has 3 heterocycles. The summed E-state index contributed by atoms with van der Waals surface area (Å²) >= 11 is 5.98. The minimum absolute atomic E-state index is 0.131. The molecule has 9 nitrogen and oxygen atoms in total. The highest BCUT2D eigenvalue weighted by Crippen LogP contribution is 2.28. The maximum atomic E-state index is 13.9. The summed E-state index contributed by atoms with van der Waals surface area (Å²) in [4.78, 5) is 11.2. The van der Waals surface area contributed by atoms with Crippen LogP contribution in [-0.2, 0) is 10.0 Å². The molecule has 0 saturated heterocycles. The predicted molar refractivity (Wildman–Crippen MR) is 101 cm³/mol. The Morgan fingerprint density at radius 3 is 2.59 bits per heavy atom. The molecule has 0 unspecified atom stereocenters. The monoisotopic (exact) mass is 437 g/mol. The van der Waals surface area contributed by atoms with Gasteiger partial charge in [0.05, 0.1) is 18.1 Å². The number of fused-ring (bicyclic) bond motifs is 1. The standard InChI is InChI=1S/C16H10ClF2N7O2S/c17-15-11(25-29(27,28)13-2-1-9(18)4-10(13)19)3-8(5-21-15)12-6-22-16-23-7-14(20)26(16)24-12/h1-7,25H,20H2. The summed E-state index contributed by atoms with van der Waals surface area (Å²) in [5.41, 5.74) is 6.29. The van der Waals surface area contributed by atoms with Crippen LogP contribution in [0.5, 0.6) is 0 Å². The van der Waals surface area contributed by atoms with E-state index in [4.69, 9.17) is 17.3 Å². The van der Waals surface area contributed by atoms with Crippen LogP contribution >= 0.6 is 11.6 Å². The van der Waals surface area contributed by atoms with E-state index in [2.05, 4.69) is 24.8 Å². The van der Waals surface area contributed by atoms with Gasteiger partial charge in [0.25, 0.3) is 15.8 Å². The summed E-state index contributed by atoms with van der Waals surface area (Å²) in [6.45, 7) is 0. The molecule has 0 radical (unpaired) electrons. The first-order chi connectivity index (χ1) is 13.7. The Labute approximate surface area is 167 Å². The van der Waals surface area contributed by atoms with E-state index < -0.39 is 26.6 Å². The van der Waals surface area contributed by atoms with Gasteiger partial charge in [0, 0.05) is 17.8 Å². The van der Waals surface area contributed by atoms with Crippen LogP contribution in [0.4, 0.5) is 20.3 Å². The van der Waals surface area contributed by atoms with Crippen molar-refractivity contribution in [3.63, 3.8) is 0 Å².